The molecule has 0 radical (unpaired) electrons. The molecule has 2 N–H and O–H groups in total. The molecule has 2 atom stereocenters. The van der Waals surface area contributed by atoms with Crippen molar-refractivity contribution in [3.8, 4) is 6.01 Å². The third-order valence-electron chi connectivity index (χ3n) is 5.73. The van der Waals surface area contributed by atoms with Gasteiger partial charge < -0.3 is 9.57 Å². The van der Waals surface area contributed by atoms with Crippen molar-refractivity contribution in [3.05, 3.63) is 55.7 Å². The normalized spacial score (nSPS) is 20.2. The van der Waals surface area contributed by atoms with E-state index in [4.69, 9.17) is 22.2 Å². The molecule has 33 heavy (non-hydrogen) atoms. The molecular formula is C22H27ClN6O4. The molecule has 0 saturated heterocycles. The first-order valence-corrected chi connectivity index (χ1v) is 11.2. The Morgan fingerprint density at radius 1 is 1.24 bits per heavy atom. The molecule has 0 spiro atoms. The summed E-state index contributed by atoms with van der Waals surface area (Å²) in [6.45, 7) is 2.78. The molecule has 2 aliphatic rings. The topological polar surface area (TPSA) is 119 Å². The molecule has 1 aliphatic heterocycles. The van der Waals surface area contributed by atoms with Gasteiger partial charge in [-0.2, -0.15) is 4.98 Å². The Balaban J connectivity index is 1.80. The summed E-state index contributed by atoms with van der Waals surface area (Å²) in [5, 5.41) is 0.583. The predicted octanol–water partition coefficient (Wildman–Crippen LogP) is 1.80. The third-order valence-corrected chi connectivity index (χ3v) is 5.98. The van der Waals surface area contributed by atoms with Crippen LogP contribution in [0.3, 0.4) is 0 Å². The molecule has 1 aliphatic carbocycles. The van der Waals surface area contributed by atoms with Gasteiger partial charge in [0.05, 0.1) is 24.2 Å². The fourth-order valence-corrected chi connectivity index (χ4v) is 4.06. The number of fused-ring (bicyclic) bond motifs is 1. The van der Waals surface area contributed by atoms with Crippen LogP contribution in [0.4, 0.5) is 0 Å². The fourth-order valence-electron chi connectivity index (χ4n) is 3.92. The highest BCUT2D eigenvalue weighted by Gasteiger charge is 2.25. The van der Waals surface area contributed by atoms with Gasteiger partial charge >= 0.3 is 5.69 Å². The van der Waals surface area contributed by atoms with Crippen LogP contribution in [0.25, 0.3) is 11.2 Å². The van der Waals surface area contributed by atoms with Crippen LogP contribution in [-0.4, -0.2) is 43.7 Å². The van der Waals surface area contributed by atoms with Gasteiger partial charge in [-0.25, -0.2) is 10.7 Å². The number of halogens is 1. The van der Waals surface area contributed by atoms with Crippen molar-refractivity contribution in [2.45, 2.75) is 51.4 Å². The van der Waals surface area contributed by atoms with Gasteiger partial charge in [-0.05, 0) is 25.8 Å². The summed E-state index contributed by atoms with van der Waals surface area (Å²) in [5.74, 6) is 5.09. The predicted molar refractivity (Wildman–Crippen MR) is 127 cm³/mol. The largest absolute Gasteiger partial charge is 0.457 e. The summed E-state index contributed by atoms with van der Waals surface area (Å²) >= 11 is 6.02. The summed E-state index contributed by atoms with van der Waals surface area (Å²) in [6.07, 6.45) is 11.0. The molecule has 176 valence electrons. The number of imidazole rings is 1. The molecule has 0 saturated carbocycles. The average molecular weight is 475 g/mol. The van der Waals surface area contributed by atoms with Gasteiger partial charge in [-0.1, -0.05) is 35.4 Å². The maximum atomic E-state index is 13.4. The molecule has 3 heterocycles. The van der Waals surface area contributed by atoms with E-state index >= 15 is 0 Å². The monoisotopic (exact) mass is 474 g/mol. The minimum atomic E-state index is -0.456. The number of dihydropyridines is 1. The van der Waals surface area contributed by atoms with E-state index in [0.29, 0.717) is 36.4 Å². The van der Waals surface area contributed by atoms with Crippen molar-refractivity contribution in [2.24, 2.45) is 17.9 Å². The van der Waals surface area contributed by atoms with E-state index in [1.165, 1.54) is 9.13 Å². The van der Waals surface area contributed by atoms with E-state index < -0.39 is 11.2 Å². The first-order chi connectivity index (χ1) is 15.9. The molecule has 4 rings (SSSR count). The minimum Gasteiger partial charge on any atom is -0.457 e. The summed E-state index contributed by atoms with van der Waals surface area (Å²) in [5.41, 5.74) is 0.836. The molecule has 10 nitrogen and oxygen atoms in total. The Morgan fingerprint density at radius 3 is 2.73 bits per heavy atom. The van der Waals surface area contributed by atoms with Gasteiger partial charge in [0.25, 0.3) is 11.6 Å². The zero-order valence-corrected chi connectivity index (χ0v) is 19.4. The lowest BCUT2D eigenvalue weighted by molar-refractivity contribution is 0.131. The van der Waals surface area contributed by atoms with Crippen LogP contribution in [0.15, 0.2) is 49.5 Å². The Kier molecular flexibility index (Phi) is 6.96. The molecule has 0 amide bonds. The van der Waals surface area contributed by atoms with Crippen molar-refractivity contribution < 1.29 is 9.57 Å². The Hall–Kier alpha value is -2.95. The first kappa shape index (κ1) is 23.2. The Labute approximate surface area is 195 Å². The van der Waals surface area contributed by atoms with Crippen LogP contribution in [0.1, 0.15) is 26.2 Å². The molecule has 0 fully saturated rings. The number of ether oxygens (including phenoxy) is 1. The molecule has 2 aromatic heterocycles. The highest BCUT2D eigenvalue weighted by Crippen LogP contribution is 2.24. The fraction of sp³-hybridized carbons (Fsp3) is 0.455. The van der Waals surface area contributed by atoms with Crippen LogP contribution >= 0.6 is 11.6 Å². The number of rotatable bonds is 8. The van der Waals surface area contributed by atoms with Crippen molar-refractivity contribution in [1.29, 1.82) is 0 Å². The average Bonchev–Trinajstić information content (AvgIpc) is 3.16. The van der Waals surface area contributed by atoms with E-state index in [0.717, 1.165) is 5.57 Å². The highest BCUT2D eigenvalue weighted by atomic mass is 35.5. The second-order valence-corrected chi connectivity index (χ2v) is 8.59. The van der Waals surface area contributed by atoms with Crippen molar-refractivity contribution >= 4 is 29.0 Å². The van der Waals surface area contributed by atoms with Gasteiger partial charge in [-0.15, -0.1) is 0 Å². The number of allylic oxidation sites excluding steroid dienone is 3. The SMILES string of the molecule is CC1=CCC(Oc2nc3c(c(=O)n(CCCON)c(=O)n3C)n2CC2CC=C(Cl)C=N2)C=C1. The lowest BCUT2D eigenvalue weighted by Crippen LogP contribution is -2.40. The smallest absolute Gasteiger partial charge is 0.332 e. The summed E-state index contributed by atoms with van der Waals surface area (Å²) in [4.78, 5) is 39.9. The number of aryl methyl sites for hydroxylation is 1. The zero-order chi connectivity index (χ0) is 23.5. The highest BCUT2D eigenvalue weighted by molar-refractivity contribution is 6.39. The molecule has 2 unspecified atom stereocenters. The van der Waals surface area contributed by atoms with E-state index in [1.54, 1.807) is 17.8 Å². The van der Waals surface area contributed by atoms with E-state index in [9.17, 15) is 9.59 Å². The first-order valence-electron chi connectivity index (χ1n) is 10.8. The van der Waals surface area contributed by atoms with Crippen LogP contribution in [-0.2, 0) is 25.0 Å². The quantitative estimate of drug-likeness (QED) is 0.460. The number of aromatic nitrogens is 4. The van der Waals surface area contributed by atoms with Gasteiger partial charge in [0.2, 0.25) is 0 Å². The van der Waals surface area contributed by atoms with E-state index in [2.05, 4.69) is 20.9 Å². The van der Waals surface area contributed by atoms with Gasteiger partial charge in [0.1, 0.15) is 6.10 Å². The zero-order valence-electron chi connectivity index (χ0n) is 18.6. The van der Waals surface area contributed by atoms with Crippen LogP contribution in [0.5, 0.6) is 6.01 Å². The maximum Gasteiger partial charge on any atom is 0.332 e. The molecule has 11 heteroatoms. The second kappa shape index (κ2) is 9.90. The lowest BCUT2D eigenvalue weighted by Gasteiger charge is -2.20. The van der Waals surface area contributed by atoms with Crippen molar-refractivity contribution in [2.75, 3.05) is 6.61 Å². The Bertz CT molecular complexity index is 1280. The maximum absolute atomic E-state index is 13.4. The minimum absolute atomic E-state index is 0.146. The van der Waals surface area contributed by atoms with Crippen LogP contribution in [0.2, 0.25) is 0 Å². The number of nitrogens with two attached hydrogens (primary N) is 1. The summed E-state index contributed by atoms with van der Waals surface area (Å²) in [7, 11) is 1.59. The number of hydrogen-bond acceptors (Lipinski definition) is 7. The number of nitrogens with zero attached hydrogens (tertiary/aromatic N) is 5. The standard InChI is InChI=1S/C22H27ClN6O4/c1-14-4-8-17(9-5-14)33-21-26-19-18(29(21)13-16-7-6-15(23)12-25-16)20(30)28(10-3-11-32-24)22(31)27(19)2/h4-6,8,12,16-17H,3,7,9-11,13,24H2,1-2H3. The van der Waals surface area contributed by atoms with Gasteiger partial charge in [0, 0.05) is 26.2 Å². The van der Waals surface area contributed by atoms with Gasteiger partial charge in [-0.3, -0.25) is 23.5 Å². The lowest BCUT2D eigenvalue weighted by atomic mass is 10.1. The second-order valence-electron chi connectivity index (χ2n) is 8.16. The van der Waals surface area contributed by atoms with Crippen LogP contribution in [0, 0.1) is 0 Å². The molecular weight excluding hydrogens is 448 g/mol. The summed E-state index contributed by atoms with van der Waals surface area (Å²) < 4.78 is 10.5. The van der Waals surface area contributed by atoms with Gasteiger partial charge in [0.15, 0.2) is 11.2 Å². The third kappa shape index (κ3) is 4.87. The molecule has 2 aromatic rings. The molecule has 0 bridgehead atoms. The molecule has 0 aromatic carbocycles. The van der Waals surface area contributed by atoms with Crippen LogP contribution < -0.4 is 21.9 Å². The van der Waals surface area contributed by atoms with Crippen molar-refractivity contribution in [1.82, 2.24) is 18.7 Å². The number of hydrogen-bond donors (Lipinski definition) is 1. The number of aliphatic imine (C=N–C) groups is 1. The summed E-state index contributed by atoms with van der Waals surface area (Å²) in [6, 6.07) is 0.130. The van der Waals surface area contributed by atoms with E-state index in [1.807, 2.05) is 25.2 Å². The van der Waals surface area contributed by atoms with Crippen molar-refractivity contribution in [3.63, 3.8) is 0 Å². The Morgan fingerprint density at radius 2 is 2.06 bits per heavy atom. The van der Waals surface area contributed by atoms with E-state index in [-0.39, 0.29) is 37.0 Å².